The number of anilines is 1. The maximum atomic E-state index is 12.3. The molecule has 0 unspecified atom stereocenters. The van der Waals surface area contributed by atoms with Crippen LogP contribution >= 0.6 is 11.6 Å². The molecule has 5 nitrogen and oxygen atoms in total. The molecule has 1 heterocycles. The van der Waals surface area contributed by atoms with Crippen LogP contribution in [0, 0.1) is 13.8 Å². The average molecular weight is 298 g/mol. The minimum absolute atomic E-state index is 0.0366. The highest BCUT2D eigenvalue weighted by Gasteiger charge is 2.19. The van der Waals surface area contributed by atoms with Gasteiger partial charge in [0.25, 0.3) is 10.0 Å². The smallest absolute Gasteiger partial charge is 0.247 e. The molecule has 1 aromatic carbocycles. The number of nitrogens with one attached hydrogen (secondary N) is 1. The minimum atomic E-state index is -3.72. The Hall–Kier alpha value is -1.66. The lowest BCUT2D eigenvalue weighted by Crippen LogP contribution is -2.16. The first kappa shape index (κ1) is 13.8. The topological polar surface area (TPSA) is 72.0 Å². The van der Waals surface area contributed by atoms with Crippen LogP contribution in [0.15, 0.2) is 35.5 Å². The third kappa shape index (κ3) is 3.02. The monoisotopic (exact) mass is 297 g/mol. The molecule has 0 radical (unpaired) electrons. The summed E-state index contributed by atoms with van der Waals surface area (Å²) >= 11 is 5.96. The molecule has 0 atom stereocenters. The number of aromatic nitrogens is 2. The van der Waals surface area contributed by atoms with Crippen LogP contribution in [0.3, 0.4) is 0 Å². The molecular weight excluding hydrogens is 286 g/mol. The van der Waals surface area contributed by atoms with Crippen molar-refractivity contribution in [2.75, 3.05) is 4.72 Å². The van der Waals surface area contributed by atoms with Crippen molar-refractivity contribution in [3.8, 4) is 0 Å². The molecule has 1 aromatic heterocycles. The summed E-state index contributed by atoms with van der Waals surface area (Å²) in [6.45, 7) is 3.44. The number of halogens is 1. The van der Waals surface area contributed by atoms with E-state index in [-0.39, 0.29) is 10.8 Å². The second-order valence-corrected chi connectivity index (χ2v) is 6.10. The van der Waals surface area contributed by atoms with Gasteiger partial charge in [-0.1, -0.05) is 11.6 Å². The van der Waals surface area contributed by atoms with Gasteiger partial charge in [0, 0.05) is 17.4 Å². The van der Waals surface area contributed by atoms with Crippen LogP contribution in [-0.2, 0) is 10.0 Å². The molecule has 7 heteroatoms. The molecule has 1 N–H and O–H groups in total. The quantitative estimate of drug-likeness (QED) is 0.945. The summed E-state index contributed by atoms with van der Waals surface area (Å²) in [5.74, 6) is 0.0366. The Morgan fingerprint density at radius 3 is 2.37 bits per heavy atom. The largest absolute Gasteiger partial charge is 0.264 e. The number of sulfonamides is 1. The van der Waals surface area contributed by atoms with Crippen LogP contribution in [0.2, 0.25) is 5.02 Å². The molecule has 0 fully saturated rings. The molecule has 0 aliphatic rings. The van der Waals surface area contributed by atoms with Gasteiger partial charge in [-0.05, 0) is 43.2 Å². The Morgan fingerprint density at radius 1 is 1.11 bits per heavy atom. The Morgan fingerprint density at radius 2 is 1.74 bits per heavy atom. The van der Waals surface area contributed by atoms with Crippen molar-refractivity contribution < 1.29 is 8.42 Å². The summed E-state index contributed by atoms with van der Waals surface area (Å²) < 4.78 is 26.8. The summed E-state index contributed by atoms with van der Waals surface area (Å²) in [6, 6.07) is 4.76. The standard InChI is InChI=1S/C12H12ClN3O2S/c1-8-7-11(9(2)6-10(8)13)19(17,18)16-12-14-4-3-5-15-12/h3-7H,1-2H3,(H,14,15,16). The average Bonchev–Trinajstić information content (AvgIpc) is 2.34. The van der Waals surface area contributed by atoms with E-state index in [4.69, 9.17) is 11.6 Å². The molecule has 2 aromatic rings. The fourth-order valence-corrected chi connectivity index (χ4v) is 3.06. The van der Waals surface area contributed by atoms with Crippen molar-refractivity contribution in [2.45, 2.75) is 18.7 Å². The van der Waals surface area contributed by atoms with Gasteiger partial charge in [-0.3, -0.25) is 0 Å². The van der Waals surface area contributed by atoms with Crippen LogP contribution in [0.4, 0.5) is 5.95 Å². The lowest BCUT2D eigenvalue weighted by atomic mass is 10.2. The van der Waals surface area contributed by atoms with Gasteiger partial charge in [0.05, 0.1) is 4.90 Å². The normalized spacial score (nSPS) is 11.3. The van der Waals surface area contributed by atoms with Gasteiger partial charge < -0.3 is 0 Å². The van der Waals surface area contributed by atoms with E-state index in [2.05, 4.69) is 14.7 Å². The Kier molecular flexibility index (Phi) is 3.73. The molecule has 0 saturated heterocycles. The molecule has 0 spiro atoms. The van der Waals surface area contributed by atoms with Crippen LogP contribution in [0.5, 0.6) is 0 Å². The van der Waals surface area contributed by atoms with Crippen LogP contribution < -0.4 is 4.72 Å². The summed E-state index contributed by atoms with van der Waals surface area (Å²) in [7, 11) is -3.72. The van der Waals surface area contributed by atoms with Gasteiger partial charge in [0.15, 0.2) is 0 Å². The van der Waals surface area contributed by atoms with Crippen molar-refractivity contribution >= 4 is 27.6 Å². The second kappa shape index (κ2) is 5.14. The van der Waals surface area contributed by atoms with Crippen molar-refractivity contribution in [1.29, 1.82) is 0 Å². The Labute approximate surface area is 116 Å². The molecule has 19 heavy (non-hydrogen) atoms. The number of nitrogens with zero attached hydrogens (tertiary/aromatic N) is 2. The van der Waals surface area contributed by atoms with Crippen molar-refractivity contribution in [3.63, 3.8) is 0 Å². The van der Waals surface area contributed by atoms with Gasteiger partial charge >= 0.3 is 0 Å². The van der Waals surface area contributed by atoms with Crippen molar-refractivity contribution in [2.24, 2.45) is 0 Å². The van der Waals surface area contributed by atoms with E-state index >= 15 is 0 Å². The molecule has 2 rings (SSSR count). The van der Waals surface area contributed by atoms with Gasteiger partial charge in [-0.15, -0.1) is 0 Å². The maximum Gasteiger partial charge on any atom is 0.264 e. The molecule has 0 aliphatic carbocycles. The summed E-state index contributed by atoms with van der Waals surface area (Å²) in [5.41, 5.74) is 1.26. The van der Waals surface area contributed by atoms with E-state index in [9.17, 15) is 8.42 Å². The molecule has 0 bridgehead atoms. The van der Waals surface area contributed by atoms with Crippen LogP contribution in [0.25, 0.3) is 0 Å². The highest BCUT2D eigenvalue weighted by molar-refractivity contribution is 7.92. The molecule has 0 aliphatic heterocycles. The maximum absolute atomic E-state index is 12.3. The molecule has 0 amide bonds. The minimum Gasteiger partial charge on any atom is -0.247 e. The molecule has 0 saturated carbocycles. The Bertz CT molecular complexity index is 702. The number of aryl methyl sites for hydroxylation is 2. The van der Waals surface area contributed by atoms with E-state index in [1.54, 1.807) is 26.0 Å². The van der Waals surface area contributed by atoms with Crippen LogP contribution in [0.1, 0.15) is 11.1 Å². The first-order valence-corrected chi connectivity index (χ1v) is 7.33. The van der Waals surface area contributed by atoms with E-state index in [1.165, 1.54) is 18.5 Å². The number of benzene rings is 1. The predicted octanol–water partition coefficient (Wildman–Crippen LogP) is 2.55. The van der Waals surface area contributed by atoms with Crippen molar-refractivity contribution in [1.82, 2.24) is 9.97 Å². The summed E-state index contributed by atoms with van der Waals surface area (Å²) in [6.07, 6.45) is 2.93. The van der Waals surface area contributed by atoms with E-state index in [0.717, 1.165) is 0 Å². The Balaban J connectivity index is 2.43. The number of hydrogen-bond donors (Lipinski definition) is 1. The zero-order chi connectivity index (χ0) is 14.0. The predicted molar refractivity (Wildman–Crippen MR) is 73.8 cm³/mol. The summed E-state index contributed by atoms with van der Waals surface area (Å²) in [5, 5.41) is 0.535. The third-order valence-electron chi connectivity index (χ3n) is 2.54. The summed E-state index contributed by atoms with van der Waals surface area (Å²) in [4.78, 5) is 7.83. The first-order chi connectivity index (χ1) is 8.90. The number of hydrogen-bond acceptors (Lipinski definition) is 4. The fraction of sp³-hybridized carbons (Fsp3) is 0.167. The SMILES string of the molecule is Cc1cc(S(=O)(=O)Nc2ncccn2)c(C)cc1Cl. The van der Waals surface area contributed by atoms with Gasteiger partial charge in [0.2, 0.25) is 5.95 Å². The van der Waals surface area contributed by atoms with Gasteiger partial charge in [-0.2, -0.15) is 0 Å². The van der Waals surface area contributed by atoms with Crippen LogP contribution in [-0.4, -0.2) is 18.4 Å². The zero-order valence-corrected chi connectivity index (χ0v) is 12.0. The molecular formula is C12H12ClN3O2S. The first-order valence-electron chi connectivity index (χ1n) is 5.47. The van der Waals surface area contributed by atoms with Gasteiger partial charge in [-0.25, -0.2) is 23.1 Å². The van der Waals surface area contributed by atoms with E-state index < -0.39 is 10.0 Å². The highest BCUT2D eigenvalue weighted by atomic mass is 35.5. The van der Waals surface area contributed by atoms with E-state index in [1.807, 2.05) is 0 Å². The lowest BCUT2D eigenvalue weighted by Gasteiger charge is -2.10. The third-order valence-corrected chi connectivity index (χ3v) is 4.41. The molecule has 100 valence electrons. The zero-order valence-electron chi connectivity index (χ0n) is 10.4. The fourth-order valence-electron chi connectivity index (χ4n) is 1.57. The van der Waals surface area contributed by atoms with E-state index in [0.29, 0.717) is 16.1 Å². The highest BCUT2D eigenvalue weighted by Crippen LogP contribution is 2.24. The van der Waals surface area contributed by atoms with Gasteiger partial charge in [0.1, 0.15) is 0 Å². The lowest BCUT2D eigenvalue weighted by molar-refractivity contribution is 0.600. The second-order valence-electron chi connectivity index (χ2n) is 4.04. The van der Waals surface area contributed by atoms with Crippen molar-refractivity contribution in [3.05, 3.63) is 46.7 Å². The number of rotatable bonds is 3.